The maximum absolute atomic E-state index is 6.15. The Balaban J connectivity index is 2.31. The lowest BCUT2D eigenvalue weighted by atomic mass is 10.1. The van der Waals surface area contributed by atoms with Gasteiger partial charge in [0.2, 0.25) is 0 Å². The molecule has 0 bridgehead atoms. The molecule has 1 N–H and O–H groups in total. The first-order valence-corrected chi connectivity index (χ1v) is 8.62. The predicted octanol–water partition coefficient (Wildman–Crippen LogP) is 6.13. The third-order valence-electron chi connectivity index (χ3n) is 2.92. The Labute approximate surface area is 137 Å². The molecular weight excluding hydrogens is 358 g/mol. The highest BCUT2D eigenvalue weighted by Crippen LogP contribution is 2.39. The van der Waals surface area contributed by atoms with Crippen molar-refractivity contribution in [3.05, 3.63) is 44.0 Å². The van der Waals surface area contributed by atoms with E-state index in [1.807, 2.05) is 19.1 Å². The van der Waals surface area contributed by atoms with E-state index in [1.165, 1.54) is 4.88 Å². The van der Waals surface area contributed by atoms with Crippen LogP contribution < -0.4 is 10.1 Å². The Hall–Kier alpha value is -0.710. The minimum atomic E-state index is 0.263. The van der Waals surface area contributed by atoms with Crippen molar-refractivity contribution in [2.75, 3.05) is 11.9 Å². The van der Waals surface area contributed by atoms with Crippen LogP contribution in [-0.4, -0.2) is 6.61 Å². The summed E-state index contributed by atoms with van der Waals surface area (Å²) < 4.78 is 6.59. The van der Waals surface area contributed by atoms with Crippen LogP contribution in [0.2, 0.25) is 5.02 Å². The van der Waals surface area contributed by atoms with Gasteiger partial charge in [0.15, 0.2) is 5.75 Å². The van der Waals surface area contributed by atoms with Crippen LogP contribution in [0.5, 0.6) is 5.75 Å². The van der Waals surface area contributed by atoms with Crippen LogP contribution in [0.25, 0.3) is 0 Å². The fraction of sp³-hybridized carbons (Fsp3) is 0.333. The molecule has 1 aromatic heterocycles. The molecule has 0 amide bonds. The average molecular weight is 375 g/mol. The monoisotopic (exact) mass is 373 g/mol. The van der Waals surface area contributed by atoms with Crippen LogP contribution in [0.15, 0.2) is 34.1 Å². The third kappa shape index (κ3) is 3.68. The highest BCUT2D eigenvalue weighted by Gasteiger charge is 2.15. The molecule has 1 aromatic carbocycles. The van der Waals surface area contributed by atoms with Gasteiger partial charge in [-0.3, -0.25) is 0 Å². The van der Waals surface area contributed by atoms with Crippen molar-refractivity contribution in [2.45, 2.75) is 26.3 Å². The van der Waals surface area contributed by atoms with Crippen LogP contribution in [0.4, 0.5) is 5.69 Å². The molecule has 2 rings (SSSR count). The molecule has 0 aliphatic carbocycles. The molecule has 0 saturated carbocycles. The van der Waals surface area contributed by atoms with E-state index in [1.54, 1.807) is 11.3 Å². The lowest BCUT2D eigenvalue weighted by Crippen LogP contribution is -2.10. The molecule has 0 saturated heterocycles. The summed E-state index contributed by atoms with van der Waals surface area (Å²) in [4.78, 5) is 1.31. The van der Waals surface area contributed by atoms with Gasteiger partial charge in [-0.2, -0.15) is 0 Å². The highest BCUT2D eigenvalue weighted by molar-refractivity contribution is 9.10. The quantitative estimate of drug-likeness (QED) is 0.657. The lowest BCUT2D eigenvalue weighted by Gasteiger charge is -2.20. The molecule has 0 fully saturated rings. The molecule has 0 radical (unpaired) electrons. The number of hydrogen-bond acceptors (Lipinski definition) is 3. The van der Waals surface area contributed by atoms with E-state index < -0.39 is 0 Å². The second kappa shape index (κ2) is 7.34. The minimum Gasteiger partial charge on any atom is -0.491 e. The summed E-state index contributed by atoms with van der Waals surface area (Å²) in [5.41, 5.74) is 0.923. The number of hydrogen-bond donors (Lipinski definition) is 1. The van der Waals surface area contributed by atoms with Gasteiger partial charge in [-0.05, 0) is 52.9 Å². The highest BCUT2D eigenvalue weighted by atomic mass is 79.9. The van der Waals surface area contributed by atoms with Crippen molar-refractivity contribution in [2.24, 2.45) is 0 Å². The number of rotatable bonds is 6. The Morgan fingerprint density at radius 2 is 2.20 bits per heavy atom. The third-order valence-corrected chi connectivity index (χ3v) is 4.71. The van der Waals surface area contributed by atoms with E-state index in [-0.39, 0.29) is 6.04 Å². The summed E-state index contributed by atoms with van der Waals surface area (Å²) in [5, 5.41) is 6.32. The van der Waals surface area contributed by atoms with Crippen LogP contribution in [0, 0.1) is 0 Å². The SMILES string of the molecule is CCOc1c(Br)cc(Cl)cc1NC(CC)c1cccs1. The molecule has 2 aromatic rings. The molecule has 0 spiro atoms. The first-order valence-electron chi connectivity index (χ1n) is 6.57. The van der Waals surface area contributed by atoms with E-state index in [9.17, 15) is 0 Å². The molecule has 1 unspecified atom stereocenters. The summed E-state index contributed by atoms with van der Waals surface area (Å²) in [7, 11) is 0. The van der Waals surface area contributed by atoms with Gasteiger partial charge in [0.25, 0.3) is 0 Å². The maximum atomic E-state index is 6.15. The summed E-state index contributed by atoms with van der Waals surface area (Å²) in [5.74, 6) is 0.812. The van der Waals surface area contributed by atoms with Crippen LogP contribution in [0.3, 0.4) is 0 Å². The molecule has 1 atom stereocenters. The van der Waals surface area contributed by atoms with Gasteiger partial charge in [-0.1, -0.05) is 24.6 Å². The summed E-state index contributed by atoms with van der Waals surface area (Å²) in [6.45, 7) is 4.75. The number of ether oxygens (including phenoxy) is 1. The molecule has 0 aliphatic rings. The summed E-state index contributed by atoms with van der Waals surface area (Å²) >= 11 is 11.4. The van der Waals surface area contributed by atoms with Crippen LogP contribution in [-0.2, 0) is 0 Å². The summed E-state index contributed by atoms with van der Waals surface area (Å²) in [6, 6.07) is 8.24. The lowest BCUT2D eigenvalue weighted by molar-refractivity contribution is 0.339. The van der Waals surface area contributed by atoms with E-state index in [0.717, 1.165) is 22.3 Å². The average Bonchev–Trinajstić information content (AvgIpc) is 2.93. The van der Waals surface area contributed by atoms with Crippen molar-refractivity contribution >= 4 is 44.6 Å². The summed E-state index contributed by atoms with van der Waals surface area (Å²) in [6.07, 6.45) is 0.996. The first-order chi connectivity index (χ1) is 9.65. The van der Waals surface area contributed by atoms with Gasteiger partial charge in [0.05, 0.1) is 22.8 Å². The number of benzene rings is 1. The zero-order valence-corrected chi connectivity index (χ0v) is 14.6. The van der Waals surface area contributed by atoms with Gasteiger partial charge in [-0.25, -0.2) is 0 Å². The molecule has 20 heavy (non-hydrogen) atoms. The van der Waals surface area contributed by atoms with E-state index in [2.05, 4.69) is 45.7 Å². The molecular formula is C15H17BrClNOS. The topological polar surface area (TPSA) is 21.3 Å². The minimum absolute atomic E-state index is 0.263. The second-order valence-corrected chi connectivity index (χ2v) is 6.59. The normalized spacial score (nSPS) is 12.2. The van der Waals surface area contributed by atoms with Gasteiger partial charge in [0, 0.05) is 9.90 Å². The fourth-order valence-electron chi connectivity index (χ4n) is 2.01. The number of thiophene rings is 1. The van der Waals surface area contributed by atoms with Crippen molar-refractivity contribution in [3.63, 3.8) is 0 Å². The first kappa shape index (κ1) is 15.7. The van der Waals surface area contributed by atoms with Crippen LogP contribution >= 0.6 is 38.9 Å². The Morgan fingerprint density at radius 3 is 2.80 bits per heavy atom. The van der Waals surface area contributed by atoms with Crippen molar-refractivity contribution in [3.8, 4) is 5.75 Å². The molecule has 0 aliphatic heterocycles. The van der Waals surface area contributed by atoms with Gasteiger partial charge in [-0.15, -0.1) is 11.3 Å². The Morgan fingerprint density at radius 1 is 1.40 bits per heavy atom. The number of halogens is 2. The Kier molecular flexibility index (Phi) is 5.75. The van der Waals surface area contributed by atoms with Gasteiger partial charge in [0.1, 0.15) is 0 Å². The number of nitrogens with one attached hydrogen (secondary N) is 1. The smallest absolute Gasteiger partial charge is 0.156 e. The van der Waals surface area contributed by atoms with Crippen molar-refractivity contribution in [1.82, 2.24) is 0 Å². The van der Waals surface area contributed by atoms with Crippen LogP contribution in [0.1, 0.15) is 31.2 Å². The van der Waals surface area contributed by atoms with Gasteiger partial charge < -0.3 is 10.1 Å². The van der Waals surface area contributed by atoms with Gasteiger partial charge >= 0.3 is 0 Å². The Bertz CT molecular complexity index is 559. The van der Waals surface area contributed by atoms with E-state index in [4.69, 9.17) is 16.3 Å². The second-order valence-electron chi connectivity index (χ2n) is 4.32. The predicted molar refractivity (Wildman–Crippen MR) is 91.3 cm³/mol. The zero-order chi connectivity index (χ0) is 14.5. The van der Waals surface area contributed by atoms with Crippen molar-refractivity contribution in [1.29, 1.82) is 0 Å². The zero-order valence-electron chi connectivity index (χ0n) is 11.5. The number of anilines is 1. The molecule has 108 valence electrons. The van der Waals surface area contributed by atoms with Crippen molar-refractivity contribution < 1.29 is 4.74 Å². The maximum Gasteiger partial charge on any atom is 0.156 e. The molecule has 1 heterocycles. The van der Waals surface area contributed by atoms with E-state index >= 15 is 0 Å². The van der Waals surface area contributed by atoms with E-state index in [0.29, 0.717) is 11.6 Å². The standard InChI is InChI=1S/C15H17BrClNOS/c1-3-12(14-6-5-7-20-14)18-13-9-10(17)8-11(16)15(13)19-4-2/h5-9,12,18H,3-4H2,1-2H3. The molecule has 2 nitrogen and oxygen atoms in total. The molecule has 5 heteroatoms. The fourth-order valence-corrected chi connectivity index (χ4v) is 3.80. The largest absolute Gasteiger partial charge is 0.491 e.